The molecule has 1 aromatic heterocycles. The average Bonchev–Trinajstić information content (AvgIpc) is 2.89. The van der Waals surface area contributed by atoms with Crippen LogP contribution in [0.5, 0.6) is 0 Å². The zero-order valence-corrected chi connectivity index (χ0v) is 18.0. The third-order valence-electron chi connectivity index (χ3n) is 5.74. The number of fused-ring (bicyclic) bond motifs is 2. The number of benzene rings is 1. The van der Waals surface area contributed by atoms with Crippen molar-refractivity contribution in [3.63, 3.8) is 0 Å². The molecule has 0 radical (unpaired) electrons. The van der Waals surface area contributed by atoms with Crippen molar-refractivity contribution in [2.75, 3.05) is 36.4 Å². The van der Waals surface area contributed by atoms with Gasteiger partial charge in [0, 0.05) is 16.7 Å². The highest BCUT2D eigenvalue weighted by atomic mass is 32.1. The van der Waals surface area contributed by atoms with Crippen LogP contribution in [-0.4, -0.2) is 37.0 Å². The molecule has 4 nitrogen and oxygen atoms in total. The SMILES string of the molecule is Cc1scc2c1N(CC#CCCCN1CCCCCC1)c1ccccc1NC2=O. The predicted octanol–water partition coefficient (Wildman–Crippen LogP) is 5.42. The molecule has 2 aliphatic rings. The minimum atomic E-state index is -0.0373. The number of carbonyl (C=O) groups is 1. The molecule has 1 N–H and O–H groups in total. The lowest BCUT2D eigenvalue weighted by Gasteiger charge is -2.23. The topological polar surface area (TPSA) is 35.6 Å². The fraction of sp³-hybridized carbons (Fsp3) is 0.458. The zero-order chi connectivity index (χ0) is 20.1. The van der Waals surface area contributed by atoms with Crippen LogP contribution < -0.4 is 10.2 Å². The lowest BCUT2D eigenvalue weighted by Crippen LogP contribution is -2.25. The Bertz CT molecular complexity index is 916. The molecule has 152 valence electrons. The molecule has 3 heterocycles. The van der Waals surface area contributed by atoms with Crippen LogP contribution in [0.3, 0.4) is 0 Å². The van der Waals surface area contributed by atoms with E-state index in [0.29, 0.717) is 6.54 Å². The molecule has 4 rings (SSSR count). The van der Waals surface area contributed by atoms with Crippen LogP contribution in [0, 0.1) is 18.8 Å². The van der Waals surface area contributed by atoms with Gasteiger partial charge in [-0.1, -0.05) is 30.9 Å². The highest BCUT2D eigenvalue weighted by Crippen LogP contribution is 2.41. The van der Waals surface area contributed by atoms with Gasteiger partial charge in [-0.15, -0.1) is 17.3 Å². The van der Waals surface area contributed by atoms with E-state index in [0.717, 1.165) is 46.9 Å². The Morgan fingerprint density at radius 1 is 1.10 bits per heavy atom. The minimum Gasteiger partial charge on any atom is -0.326 e. The van der Waals surface area contributed by atoms with E-state index in [1.165, 1.54) is 38.8 Å². The normalized spacial score (nSPS) is 16.7. The van der Waals surface area contributed by atoms with E-state index in [4.69, 9.17) is 0 Å². The fourth-order valence-corrected chi connectivity index (χ4v) is 5.05. The standard InChI is InChI=1S/C24H29N3OS/c1-19-23-20(18-29-19)24(28)25-21-12-6-7-13-22(21)27(23)17-11-5-4-10-16-26-14-8-2-3-9-15-26/h6-7,12-13,18H,2-4,8-10,14-17H2,1H3,(H,25,28). The van der Waals surface area contributed by atoms with Crippen LogP contribution in [0.25, 0.3) is 0 Å². The smallest absolute Gasteiger partial charge is 0.258 e. The van der Waals surface area contributed by atoms with Gasteiger partial charge in [0.25, 0.3) is 5.91 Å². The number of amides is 1. The van der Waals surface area contributed by atoms with Crippen molar-refractivity contribution < 1.29 is 4.79 Å². The van der Waals surface area contributed by atoms with Crippen LogP contribution in [-0.2, 0) is 0 Å². The number of hydrogen-bond acceptors (Lipinski definition) is 4. The maximum absolute atomic E-state index is 12.6. The molecule has 29 heavy (non-hydrogen) atoms. The van der Waals surface area contributed by atoms with Gasteiger partial charge in [-0.25, -0.2) is 0 Å². The lowest BCUT2D eigenvalue weighted by molar-refractivity contribution is 0.102. The molecule has 2 aromatic rings. The summed E-state index contributed by atoms with van der Waals surface area (Å²) in [5.74, 6) is 6.70. The number of thiophene rings is 1. The molecule has 2 aliphatic heterocycles. The van der Waals surface area contributed by atoms with Gasteiger partial charge in [-0.3, -0.25) is 4.79 Å². The highest BCUT2D eigenvalue weighted by Gasteiger charge is 2.27. The maximum atomic E-state index is 12.6. The quantitative estimate of drug-likeness (QED) is 0.543. The summed E-state index contributed by atoms with van der Waals surface area (Å²) in [5.41, 5.74) is 3.60. The largest absolute Gasteiger partial charge is 0.326 e. The molecule has 0 atom stereocenters. The minimum absolute atomic E-state index is 0.0373. The number of rotatable bonds is 4. The van der Waals surface area contributed by atoms with E-state index in [9.17, 15) is 4.79 Å². The van der Waals surface area contributed by atoms with Crippen LogP contribution >= 0.6 is 11.3 Å². The second-order valence-electron chi connectivity index (χ2n) is 7.82. The van der Waals surface area contributed by atoms with Crippen molar-refractivity contribution in [2.45, 2.75) is 45.4 Å². The Labute approximate surface area is 177 Å². The van der Waals surface area contributed by atoms with Gasteiger partial charge in [0.2, 0.25) is 0 Å². The average molecular weight is 408 g/mol. The molecule has 0 unspecified atom stereocenters. The molecule has 1 saturated heterocycles. The van der Waals surface area contributed by atoms with Crippen molar-refractivity contribution in [1.82, 2.24) is 4.90 Å². The molecular formula is C24H29N3OS. The molecule has 1 fully saturated rings. The first-order chi connectivity index (χ1) is 14.2. The number of hydrogen-bond donors (Lipinski definition) is 1. The van der Waals surface area contributed by atoms with Gasteiger partial charge in [-0.2, -0.15) is 0 Å². The van der Waals surface area contributed by atoms with Gasteiger partial charge >= 0.3 is 0 Å². The van der Waals surface area contributed by atoms with Crippen molar-refractivity contribution >= 4 is 34.3 Å². The van der Waals surface area contributed by atoms with Crippen molar-refractivity contribution in [1.29, 1.82) is 0 Å². The van der Waals surface area contributed by atoms with Gasteiger partial charge in [0.1, 0.15) is 0 Å². The number of unbranched alkanes of at least 4 members (excludes halogenated alkanes) is 1. The second kappa shape index (κ2) is 9.47. The first kappa shape index (κ1) is 20.0. The van der Waals surface area contributed by atoms with E-state index in [-0.39, 0.29) is 5.91 Å². The first-order valence-corrected chi connectivity index (χ1v) is 11.6. The van der Waals surface area contributed by atoms with Crippen LogP contribution in [0.4, 0.5) is 17.1 Å². The molecular weight excluding hydrogens is 378 g/mol. The van der Waals surface area contributed by atoms with E-state index in [2.05, 4.69) is 39.9 Å². The summed E-state index contributed by atoms with van der Waals surface area (Å²) in [6, 6.07) is 7.99. The Kier molecular flexibility index (Phi) is 6.53. The van der Waals surface area contributed by atoms with Crippen LogP contribution in [0.1, 0.15) is 53.8 Å². The zero-order valence-electron chi connectivity index (χ0n) is 17.2. The highest BCUT2D eigenvalue weighted by molar-refractivity contribution is 7.10. The third kappa shape index (κ3) is 4.66. The van der Waals surface area contributed by atoms with Gasteiger partial charge in [0.05, 0.1) is 29.2 Å². The molecule has 0 aliphatic carbocycles. The Hall–Kier alpha value is -2.29. The summed E-state index contributed by atoms with van der Waals surface area (Å²) < 4.78 is 0. The van der Waals surface area contributed by atoms with Crippen LogP contribution in [0.2, 0.25) is 0 Å². The molecule has 1 aromatic carbocycles. The Morgan fingerprint density at radius 3 is 2.72 bits per heavy atom. The van der Waals surface area contributed by atoms with Gasteiger partial charge < -0.3 is 15.1 Å². The summed E-state index contributed by atoms with van der Waals surface area (Å²) >= 11 is 1.62. The summed E-state index contributed by atoms with van der Waals surface area (Å²) in [5, 5.41) is 5.00. The second-order valence-corrected chi connectivity index (χ2v) is 8.91. The van der Waals surface area contributed by atoms with Crippen molar-refractivity contribution in [3.8, 4) is 11.8 Å². The van der Waals surface area contributed by atoms with E-state index in [1.807, 2.05) is 23.6 Å². The van der Waals surface area contributed by atoms with Gasteiger partial charge in [-0.05, 0) is 58.0 Å². The van der Waals surface area contributed by atoms with Gasteiger partial charge in [0.15, 0.2) is 0 Å². The molecule has 0 bridgehead atoms. The van der Waals surface area contributed by atoms with E-state index in [1.54, 1.807) is 11.3 Å². The van der Waals surface area contributed by atoms with Crippen LogP contribution in [0.15, 0.2) is 29.6 Å². The fourth-order valence-electron chi connectivity index (χ4n) is 4.21. The molecule has 0 spiro atoms. The summed E-state index contributed by atoms with van der Waals surface area (Å²) in [4.78, 5) is 18.6. The van der Waals surface area contributed by atoms with Crippen molar-refractivity contribution in [2.24, 2.45) is 0 Å². The first-order valence-electron chi connectivity index (χ1n) is 10.7. The number of likely N-dealkylation sites (tertiary alicyclic amines) is 1. The predicted molar refractivity (Wildman–Crippen MR) is 122 cm³/mol. The lowest BCUT2D eigenvalue weighted by atomic mass is 10.2. The molecule has 1 amide bonds. The Morgan fingerprint density at radius 2 is 1.90 bits per heavy atom. The molecule has 5 heteroatoms. The van der Waals surface area contributed by atoms with Crippen molar-refractivity contribution in [3.05, 3.63) is 40.1 Å². The summed E-state index contributed by atoms with van der Waals surface area (Å²) in [6.45, 7) is 6.33. The summed E-state index contributed by atoms with van der Waals surface area (Å²) in [7, 11) is 0. The summed E-state index contributed by atoms with van der Waals surface area (Å²) in [6.07, 6.45) is 7.51. The molecule has 0 saturated carbocycles. The number of carbonyl (C=O) groups excluding carboxylic acids is 1. The third-order valence-corrected chi connectivity index (χ3v) is 6.64. The van der Waals surface area contributed by atoms with E-state index >= 15 is 0 Å². The number of aryl methyl sites for hydroxylation is 1. The maximum Gasteiger partial charge on any atom is 0.258 e. The monoisotopic (exact) mass is 407 g/mol. The number of para-hydroxylation sites is 2. The number of anilines is 3. The Balaban J connectivity index is 1.43. The van der Waals surface area contributed by atoms with E-state index < -0.39 is 0 Å². The number of nitrogens with zero attached hydrogens (tertiary/aromatic N) is 2. The number of nitrogens with one attached hydrogen (secondary N) is 1.